The molecule has 0 atom stereocenters. The molecular formula is C15H14BrNO3. The van der Waals surface area contributed by atoms with Crippen LogP contribution in [0.5, 0.6) is 11.5 Å². The highest BCUT2D eigenvalue weighted by Crippen LogP contribution is 2.29. The monoisotopic (exact) mass is 335 g/mol. The lowest BCUT2D eigenvalue weighted by atomic mass is 10.0. The van der Waals surface area contributed by atoms with E-state index in [1.807, 2.05) is 0 Å². The summed E-state index contributed by atoms with van der Waals surface area (Å²) in [5.41, 5.74) is 7.27. The molecule has 0 saturated carbocycles. The second kappa shape index (κ2) is 5.96. The molecule has 0 aliphatic heterocycles. The van der Waals surface area contributed by atoms with Gasteiger partial charge in [0.2, 0.25) is 0 Å². The Hall–Kier alpha value is -2.01. The van der Waals surface area contributed by atoms with Crippen molar-refractivity contribution in [2.75, 3.05) is 20.0 Å². The molecule has 0 heterocycles. The third-order valence-corrected chi connectivity index (χ3v) is 3.55. The summed E-state index contributed by atoms with van der Waals surface area (Å²) in [6.07, 6.45) is 0. The number of benzene rings is 2. The van der Waals surface area contributed by atoms with Crippen LogP contribution in [0.1, 0.15) is 15.9 Å². The van der Waals surface area contributed by atoms with Gasteiger partial charge in [0.25, 0.3) is 0 Å². The van der Waals surface area contributed by atoms with Gasteiger partial charge in [0, 0.05) is 21.8 Å². The Morgan fingerprint density at radius 1 is 1.05 bits per heavy atom. The second-order valence-corrected chi connectivity index (χ2v) is 4.99. The SMILES string of the molecule is COc1ccc(C(=O)c2ccc(N)cc2Br)c(OC)c1. The fourth-order valence-electron chi connectivity index (χ4n) is 1.85. The van der Waals surface area contributed by atoms with Crippen LogP contribution in [-0.4, -0.2) is 20.0 Å². The van der Waals surface area contributed by atoms with Crippen LogP contribution in [0.3, 0.4) is 0 Å². The number of methoxy groups -OCH3 is 2. The van der Waals surface area contributed by atoms with Gasteiger partial charge in [-0.3, -0.25) is 4.79 Å². The van der Waals surface area contributed by atoms with Gasteiger partial charge in [0.05, 0.1) is 19.8 Å². The molecule has 0 bridgehead atoms. The Kier molecular flexibility index (Phi) is 4.29. The molecule has 0 aliphatic carbocycles. The van der Waals surface area contributed by atoms with Gasteiger partial charge in [-0.2, -0.15) is 0 Å². The van der Waals surface area contributed by atoms with E-state index in [9.17, 15) is 4.79 Å². The van der Waals surface area contributed by atoms with Crippen molar-refractivity contribution in [1.82, 2.24) is 0 Å². The van der Waals surface area contributed by atoms with Gasteiger partial charge >= 0.3 is 0 Å². The summed E-state index contributed by atoms with van der Waals surface area (Å²) in [6, 6.07) is 10.2. The Labute approximate surface area is 125 Å². The van der Waals surface area contributed by atoms with Crippen LogP contribution in [0, 0.1) is 0 Å². The van der Waals surface area contributed by atoms with E-state index in [0.717, 1.165) is 0 Å². The van der Waals surface area contributed by atoms with Crippen molar-refractivity contribution < 1.29 is 14.3 Å². The largest absolute Gasteiger partial charge is 0.497 e. The summed E-state index contributed by atoms with van der Waals surface area (Å²) in [5.74, 6) is 0.962. The first-order valence-corrected chi connectivity index (χ1v) is 6.68. The molecule has 0 fully saturated rings. The lowest BCUT2D eigenvalue weighted by molar-refractivity contribution is 0.103. The lowest BCUT2D eigenvalue weighted by Gasteiger charge is -2.10. The maximum Gasteiger partial charge on any atom is 0.197 e. The number of ketones is 1. The molecule has 2 N–H and O–H groups in total. The van der Waals surface area contributed by atoms with Crippen LogP contribution < -0.4 is 15.2 Å². The standard InChI is InChI=1S/C15H14BrNO3/c1-19-10-4-6-12(14(8-10)20-2)15(18)11-5-3-9(17)7-13(11)16/h3-8H,17H2,1-2H3. The fraction of sp³-hybridized carbons (Fsp3) is 0.133. The van der Waals surface area contributed by atoms with Crippen LogP contribution >= 0.6 is 15.9 Å². The molecule has 2 rings (SSSR count). The molecule has 0 aromatic heterocycles. The minimum absolute atomic E-state index is 0.142. The smallest absolute Gasteiger partial charge is 0.197 e. The van der Waals surface area contributed by atoms with E-state index in [2.05, 4.69) is 15.9 Å². The molecule has 0 saturated heterocycles. The van der Waals surface area contributed by atoms with Crippen molar-refractivity contribution in [2.45, 2.75) is 0 Å². The number of carbonyl (C=O) groups excluding carboxylic acids is 1. The van der Waals surface area contributed by atoms with Gasteiger partial charge in [-0.05, 0) is 46.3 Å². The number of anilines is 1. The van der Waals surface area contributed by atoms with Gasteiger partial charge in [0.15, 0.2) is 5.78 Å². The Balaban J connectivity index is 2.47. The van der Waals surface area contributed by atoms with Crippen molar-refractivity contribution in [1.29, 1.82) is 0 Å². The molecule has 0 amide bonds. The van der Waals surface area contributed by atoms with Crippen LogP contribution in [0.4, 0.5) is 5.69 Å². The fourth-order valence-corrected chi connectivity index (χ4v) is 2.42. The molecule has 0 unspecified atom stereocenters. The van der Waals surface area contributed by atoms with Crippen molar-refractivity contribution >= 4 is 27.4 Å². The molecule has 0 aliphatic rings. The summed E-state index contributed by atoms with van der Waals surface area (Å²) >= 11 is 3.35. The number of nitrogen functional groups attached to an aromatic ring is 1. The summed E-state index contributed by atoms with van der Waals surface area (Å²) in [5, 5.41) is 0. The molecule has 104 valence electrons. The third kappa shape index (κ3) is 2.77. The van der Waals surface area contributed by atoms with Crippen molar-refractivity contribution in [3.63, 3.8) is 0 Å². The first-order valence-electron chi connectivity index (χ1n) is 5.88. The van der Waals surface area contributed by atoms with Gasteiger partial charge in [-0.25, -0.2) is 0 Å². The summed E-state index contributed by atoms with van der Waals surface area (Å²) < 4.78 is 11.0. The predicted octanol–water partition coefficient (Wildman–Crippen LogP) is 3.28. The summed E-state index contributed by atoms with van der Waals surface area (Å²) in [7, 11) is 3.08. The highest BCUT2D eigenvalue weighted by Gasteiger charge is 2.17. The average molecular weight is 336 g/mol. The average Bonchev–Trinajstić information content (AvgIpc) is 2.46. The molecule has 2 aromatic rings. The van der Waals surface area contributed by atoms with Crippen molar-refractivity contribution in [2.24, 2.45) is 0 Å². The van der Waals surface area contributed by atoms with Gasteiger partial charge < -0.3 is 15.2 Å². The first-order chi connectivity index (χ1) is 9.56. The van der Waals surface area contributed by atoms with E-state index in [1.54, 1.807) is 43.5 Å². The number of carbonyl (C=O) groups is 1. The first kappa shape index (κ1) is 14.4. The van der Waals surface area contributed by atoms with Crippen molar-refractivity contribution in [3.05, 3.63) is 52.0 Å². The van der Waals surface area contributed by atoms with Crippen LogP contribution in [0.25, 0.3) is 0 Å². The van der Waals surface area contributed by atoms with E-state index in [-0.39, 0.29) is 5.78 Å². The van der Waals surface area contributed by atoms with Gasteiger partial charge in [-0.1, -0.05) is 0 Å². The Morgan fingerprint density at radius 3 is 2.35 bits per heavy atom. The number of hydrogen-bond donors (Lipinski definition) is 1. The molecule has 2 aromatic carbocycles. The normalized spacial score (nSPS) is 10.2. The van der Waals surface area contributed by atoms with Crippen LogP contribution in [0.2, 0.25) is 0 Å². The van der Waals surface area contributed by atoms with Gasteiger partial charge in [-0.15, -0.1) is 0 Å². The Morgan fingerprint density at radius 2 is 1.75 bits per heavy atom. The van der Waals surface area contributed by atoms with E-state index < -0.39 is 0 Å². The molecule has 5 heteroatoms. The second-order valence-electron chi connectivity index (χ2n) is 4.13. The summed E-state index contributed by atoms with van der Waals surface area (Å²) in [6.45, 7) is 0. The molecule has 4 nitrogen and oxygen atoms in total. The van der Waals surface area contributed by atoms with Crippen LogP contribution in [-0.2, 0) is 0 Å². The van der Waals surface area contributed by atoms with Crippen molar-refractivity contribution in [3.8, 4) is 11.5 Å². The number of ether oxygens (including phenoxy) is 2. The van der Waals surface area contributed by atoms with E-state index in [0.29, 0.717) is 32.8 Å². The maximum absolute atomic E-state index is 12.6. The third-order valence-electron chi connectivity index (χ3n) is 2.89. The molecule has 20 heavy (non-hydrogen) atoms. The number of nitrogens with two attached hydrogens (primary N) is 1. The quantitative estimate of drug-likeness (QED) is 0.688. The molecule has 0 radical (unpaired) electrons. The van der Waals surface area contributed by atoms with Gasteiger partial charge in [0.1, 0.15) is 11.5 Å². The van der Waals surface area contributed by atoms with E-state index >= 15 is 0 Å². The number of halogens is 1. The van der Waals surface area contributed by atoms with E-state index in [1.165, 1.54) is 7.11 Å². The Bertz CT molecular complexity index is 656. The number of hydrogen-bond acceptors (Lipinski definition) is 4. The topological polar surface area (TPSA) is 61.5 Å². The minimum atomic E-state index is -0.142. The zero-order chi connectivity index (χ0) is 14.7. The summed E-state index contributed by atoms with van der Waals surface area (Å²) in [4.78, 5) is 12.6. The van der Waals surface area contributed by atoms with E-state index in [4.69, 9.17) is 15.2 Å². The maximum atomic E-state index is 12.6. The van der Waals surface area contributed by atoms with Crippen LogP contribution in [0.15, 0.2) is 40.9 Å². The lowest BCUT2D eigenvalue weighted by Crippen LogP contribution is -2.05. The highest BCUT2D eigenvalue weighted by molar-refractivity contribution is 9.10. The zero-order valence-corrected chi connectivity index (χ0v) is 12.7. The number of rotatable bonds is 4. The molecule has 0 spiro atoms. The highest BCUT2D eigenvalue weighted by atomic mass is 79.9. The minimum Gasteiger partial charge on any atom is -0.497 e. The zero-order valence-electron chi connectivity index (χ0n) is 11.1. The predicted molar refractivity (Wildman–Crippen MR) is 81.5 cm³/mol. The molecular weight excluding hydrogens is 322 g/mol.